The molecule has 4 rings (SSSR count). The number of anilines is 2. The summed E-state index contributed by atoms with van der Waals surface area (Å²) in [5, 5.41) is 11.8. The summed E-state index contributed by atoms with van der Waals surface area (Å²) < 4.78 is 0. The highest BCUT2D eigenvalue weighted by Gasteiger charge is 2.47. The molecule has 2 aromatic rings. The predicted octanol–water partition coefficient (Wildman–Crippen LogP) is 3.09. The maximum absolute atomic E-state index is 12.6. The van der Waals surface area contributed by atoms with Crippen LogP contribution in [0, 0.1) is 11.8 Å². The van der Waals surface area contributed by atoms with Crippen molar-refractivity contribution in [3.05, 3.63) is 71.8 Å². The monoisotopic (exact) mass is 390 g/mol. The van der Waals surface area contributed by atoms with Crippen LogP contribution in [0.4, 0.5) is 11.4 Å². The van der Waals surface area contributed by atoms with E-state index in [1.54, 1.807) is 24.3 Å². The van der Waals surface area contributed by atoms with Gasteiger partial charge in [-0.2, -0.15) is 0 Å². The molecule has 29 heavy (non-hydrogen) atoms. The van der Waals surface area contributed by atoms with E-state index in [0.29, 0.717) is 18.5 Å². The van der Waals surface area contributed by atoms with Gasteiger partial charge in [0.2, 0.25) is 11.8 Å². The van der Waals surface area contributed by atoms with E-state index < -0.39 is 11.9 Å². The number of rotatable bonds is 4. The molecule has 7 nitrogen and oxygen atoms in total. The van der Waals surface area contributed by atoms with Crippen molar-refractivity contribution < 1.29 is 24.3 Å². The fourth-order valence-electron chi connectivity index (χ4n) is 3.79. The minimum absolute atomic E-state index is 0.0121. The Morgan fingerprint density at radius 1 is 0.897 bits per heavy atom. The van der Waals surface area contributed by atoms with Gasteiger partial charge in [0.15, 0.2) is 0 Å². The van der Waals surface area contributed by atoms with E-state index in [4.69, 9.17) is 0 Å². The molecule has 1 heterocycles. The lowest BCUT2D eigenvalue weighted by Gasteiger charge is -2.15. The summed E-state index contributed by atoms with van der Waals surface area (Å²) in [4.78, 5) is 50.3. The Kier molecular flexibility index (Phi) is 4.72. The van der Waals surface area contributed by atoms with Crippen LogP contribution >= 0.6 is 0 Å². The molecule has 0 aromatic heterocycles. The highest BCUT2D eigenvalue weighted by Crippen LogP contribution is 2.37. The van der Waals surface area contributed by atoms with Crippen LogP contribution in [0.15, 0.2) is 60.7 Å². The molecule has 1 fully saturated rings. The first-order valence-electron chi connectivity index (χ1n) is 9.24. The van der Waals surface area contributed by atoms with E-state index in [1.807, 2.05) is 12.2 Å². The van der Waals surface area contributed by atoms with Crippen molar-refractivity contribution in [2.24, 2.45) is 11.8 Å². The molecule has 0 unspecified atom stereocenters. The number of amides is 3. The number of carboxylic acids is 1. The normalized spacial score (nSPS) is 20.5. The molecule has 7 heteroatoms. The summed E-state index contributed by atoms with van der Waals surface area (Å²) in [7, 11) is 0. The first-order chi connectivity index (χ1) is 14.0. The number of fused-ring (bicyclic) bond motifs is 1. The number of allylic oxidation sites excluding steroid dienone is 2. The summed E-state index contributed by atoms with van der Waals surface area (Å²) in [5.74, 6) is -2.68. The summed E-state index contributed by atoms with van der Waals surface area (Å²) >= 11 is 0. The molecule has 0 radical (unpaired) electrons. The van der Waals surface area contributed by atoms with Crippen LogP contribution in [0.2, 0.25) is 0 Å². The standard InChI is InChI=1S/C22H18N2O5/c25-19(23-18-8-4-3-7-17(18)22(28)29)13-9-11-14(12-10-13)24-20(26)15-5-1-2-6-16(15)21(24)27/h1-4,7-12,15-16H,5-6H2,(H,23,25)(H,28,29)/t15-,16+. The van der Waals surface area contributed by atoms with Gasteiger partial charge in [0.1, 0.15) is 0 Å². The van der Waals surface area contributed by atoms with E-state index in [2.05, 4.69) is 5.32 Å². The third-order valence-corrected chi connectivity index (χ3v) is 5.30. The maximum atomic E-state index is 12.6. The zero-order valence-electron chi connectivity index (χ0n) is 15.4. The number of hydrogen-bond donors (Lipinski definition) is 2. The van der Waals surface area contributed by atoms with Crippen molar-refractivity contribution in [1.29, 1.82) is 0 Å². The quantitative estimate of drug-likeness (QED) is 0.617. The van der Waals surface area contributed by atoms with Crippen LogP contribution < -0.4 is 10.2 Å². The van der Waals surface area contributed by atoms with Crippen LogP contribution in [0.5, 0.6) is 0 Å². The molecule has 0 saturated carbocycles. The minimum Gasteiger partial charge on any atom is -0.478 e. The highest BCUT2D eigenvalue weighted by atomic mass is 16.4. The number of para-hydroxylation sites is 1. The first kappa shape index (κ1) is 18.6. The molecule has 0 spiro atoms. The number of aromatic carboxylic acids is 1. The van der Waals surface area contributed by atoms with Crippen molar-refractivity contribution in [2.75, 3.05) is 10.2 Å². The number of carboxylic acid groups (broad SMARTS) is 1. The van der Waals surface area contributed by atoms with Crippen molar-refractivity contribution in [1.82, 2.24) is 0 Å². The highest BCUT2D eigenvalue weighted by molar-refractivity contribution is 6.22. The largest absolute Gasteiger partial charge is 0.478 e. The molecule has 1 saturated heterocycles. The Bertz CT molecular complexity index is 1020. The second-order valence-corrected chi connectivity index (χ2v) is 7.02. The lowest BCUT2D eigenvalue weighted by Crippen LogP contribution is -2.30. The smallest absolute Gasteiger partial charge is 0.337 e. The Hall–Kier alpha value is -3.74. The third-order valence-electron chi connectivity index (χ3n) is 5.30. The van der Waals surface area contributed by atoms with Crippen molar-refractivity contribution in [3.63, 3.8) is 0 Å². The van der Waals surface area contributed by atoms with Gasteiger partial charge in [-0.05, 0) is 49.2 Å². The Labute approximate surface area is 166 Å². The molecule has 2 atom stereocenters. The van der Waals surface area contributed by atoms with Gasteiger partial charge in [-0.25, -0.2) is 4.79 Å². The van der Waals surface area contributed by atoms with E-state index in [0.717, 1.165) is 0 Å². The second kappa shape index (κ2) is 7.35. The molecule has 1 aliphatic heterocycles. The van der Waals surface area contributed by atoms with Gasteiger partial charge in [-0.3, -0.25) is 19.3 Å². The molecular weight excluding hydrogens is 372 g/mol. The second-order valence-electron chi connectivity index (χ2n) is 7.02. The predicted molar refractivity (Wildman–Crippen MR) is 106 cm³/mol. The molecule has 3 amide bonds. The number of imide groups is 1. The average molecular weight is 390 g/mol. The molecule has 2 N–H and O–H groups in total. The molecule has 2 aliphatic rings. The van der Waals surface area contributed by atoms with Gasteiger partial charge in [0.05, 0.1) is 28.8 Å². The number of carbonyl (C=O) groups is 4. The molecule has 0 bridgehead atoms. The third kappa shape index (κ3) is 3.31. The topological polar surface area (TPSA) is 104 Å². The summed E-state index contributed by atoms with van der Waals surface area (Å²) in [5.41, 5.74) is 0.890. The Morgan fingerprint density at radius 3 is 2.07 bits per heavy atom. The fraction of sp³-hybridized carbons (Fsp3) is 0.182. The van der Waals surface area contributed by atoms with Gasteiger partial charge in [0, 0.05) is 5.56 Å². The Morgan fingerprint density at radius 2 is 1.48 bits per heavy atom. The van der Waals surface area contributed by atoms with Crippen LogP contribution in [-0.2, 0) is 9.59 Å². The molecule has 1 aliphatic carbocycles. The molecular formula is C22H18N2O5. The summed E-state index contributed by atoms with van der Waals surface area (Å²) in [6, 6.07) is 12.2. The lowest BCUT2D eigenvalue weighted by molar-refractivity contribution is -0.122. The lowest BCUT2D eigenvalue weighted by atomic mass is 9.85. The van der Waals surface area contributed by atoms with Gasteiger partial charge in [0.25, 0.3) is 5.91 Å². The van der Waals surface area contributed by atoms with Gasteiger partial charge >= 0.3 is 5.97 Å². The van der Waals surface area contributed by atoms with Crippen LogP contribution in [0.1, 0.15) is 33.6 Å². The number of nitrogens with zero attached hydrogens (tertiary/aromatic N) is 1. The number of hydrogen-bond acceptors (Lipinski definition) is 4. The Balaban J connectivity index is 1.53. The summed E-state index contributed by atoms with van der Waals surface area (Å²) in [6.07, 6.45) is 4.99. The van der Waals surface area contributed by atoms with E-state index in [-0.39, 0.29) is 40.5 Å². The van der Waals surface area contributed by atoms with Crippen molar-refractivity contribution >= 4 is 35.1 Å². The van der Waals surface area contributed by atoms with E-state index >= 15 is 0 Å². The fourth-order valence-corrected chi connectivity index (χ4v) is 3.79. The van der Waals surface area contributed by atoms with Crippen LogP contribution in [-0.4, -0.2) is 28.8 Å². The maximum Gasteiger partial charge on any atom is 0.337 e. The number of carbonyl (C=O) groups excluding carboxylic acids is 3. The first-order valence-corrected chi connectivity index (χ1v) is 9.24. The molecule has 2 aromatic carbocycles. The zero-order chi connectivity index (χ0) is 20.5. The average Bonchev–Trinajstić information content (AvgIpc) is 2.99. The van der Waals surface area contributed by atoms with Crippen molar-refractivity contribution in [2.45, 2.75) is 12.8 Å². The molecule has 146 valence electrons. The van der Waals surface area contributed by atoms with Crippen molar-refractivity contribution in [3.8, 4) is 0 Å². The van der Waals surface area contributed by atoms with Gasteiger partial charge in [-0.15, -0.1) is 0 Å². The summed E-state index contributed by atoms with van der Waals surface area (Å²) in [6.45, 7) is 0. The van der Waals surface area contributed by atoms with Crippen LogP contribution in [0.25, 0.3) is 0 Å². The number of nitrogens with one attached hydrogen (secondary N) is 1. The zero-order valence-corrected chi connectivity index (χ0v) is 15.4. The number of benzene rings is 2. The van der Waals surface area contributed by atoms with Gasteiger partial charge < -0.3 is 10.4 Å². The van der Waals surface area contributed by atoms with E-state index in [1.165, 1.54) is 29.2 Å². The van der Waals surface area contributed by atoms with Gasteiger partial charge in [-0.1, -0.05) is 24.3 Å². The minimum atomic E-state index is -1.14. The van der Waals surface area contributed by atoms with E-state index in [9.17, 15) is 24.3 Å². The SMILES string of the molecule is O=C(Nc1ccccc1C(=O)O)c1ccc(N2C(=O)[C@H]3CC=CC[C@H]3C2=O)cc1. The van der Waals surface area contributed by atoms with Crippen LogP contribution in [0.3, 0.4) is 0 Å².